The number of halogens is 2. The van der Waals surface area contributed by atoms with Gasteiger partial charge < -0.3 is 37.8 Å². The number of barbiturate groups is 2. The summed E-state index contributed by atoms with van der Waals surface area (Å²) in [6.07, 6.45) is -4.81. The number of nitrogens with one attached hydrogen (secondary N) is 4. The number of fused-ring (bicyclic) bond motifs is 10. The summed E-state index contributed by atoms with van der Waals surface area (Å²) in [7, 11) is 0. The predicted molar refractivity (Wildman–Crippen MR) is 193 cm³/mol. The van der Waals surface area contributed by atoms with Gasteiger partial charge in [0, 0.05) is 25.9 Å². The molecule has 8 heterocycles. The number of urea groups is 2. The zero-order valence-electron chi connectivity index (χ0n) is 31.8. The summed E-state index contributed by atoms with van der Waals surface area (Å²) in [4.78, 5) is 94.9. The van der Waals surface area contributed by atoms with E-state index >= 15 is 8.78 Å². The fourth-order valence-electron chi connectivity index (χ4n) is 10.2. The van der Waals surface area contributed by atoms with Gasteiger partial charge in [-0.05, 0) is 61.3 Å². The van der Waals surface area contributed by atoms with Crippen LogP contribution in [0.4, 0.5) is 34.5 Å². The lowest BCUT2D eigenvalue weighted by molar-refractivity contribution is -0.154. The van der Waals surface area contributed by atoms with Crippen LogP contribution in [0, 0.1) is 22.5 Å². The van der Waals surface area contributed by atoms with Crippen molar-refractivity contribution in [3.8, 4) is 11.8 Å². The Morgan fingerprint density at radius 2 is 1.03 bits per heavy atom. The molecule has 312 valence electrons. The number of hydrogen-bond donors (Lipinski definition) is 4. The van der Waals surface area contributed by atoms with Crippen molar-refractivity contribution >= 4 is 75.2 Å². The molecule has 0 bridgehead atoms. The molecule has 6 aliphatic heterocycles. The minimum Gasteiger partial charge on any atom is -0.372 e. The van der Waals surface area contributed by atoms with E-state index in [0.29, 0.717) is 0 Å². The summed E-state index contributed by atoms with van der Waals surface area (Å²) in [5.74, 6) is -6.69. The SMILES string of the molecule is C[C@H]1CN2c3c(cc4c(OC(=O)Oc5noc6c(F)c7c(cc56)CC5(C(=O)NC(=O)NC5=O)[C@@H]5[C@@H](C)O[C@@H](C)CN75)noc4c3F)CC3(C(=O)NC(=O)NC3=O)[C@@H]2[C@@H](C)O1. The lowest BCUT2D eigenvalue weighted by Gasteiger charge is -2.55. The predicted octanol–water partition coefficient (Wildman–Crippen LogP) is 1.61. The van der Waals surface area contributed by atoms with Crippen LogP contribution in [0.3, 0.4) is 0 Å². The molecule has 4 fully saturated rings. The number of rotatable bonds is 2. The molecular weight excluding hydrogens is 802 g/mol. The van der Waals surface area contributed by atoms with Crippen LogP contribution in [-0.4, -0.2) is 102 Å². The van der Waals surface area contributed by atoms with E-state index in [1.54, 1.807) is 27.7 Å². The second-order valence-corrected chi connectivity index (χ2v) is 15.8. The largest absolute Gasteiger partial charge is 0.522 e. The van der Waals surface area contributed by atoms with Crippen molar-refractivity contribution < 1.29 is 70.3 Å². The number of anilines is 2. The van der Waals surface area contributed by atoms with Gasteiger partial charge in [0.05, 0.1) is 58.6 Å². The van der Waals surface area contributed by atoms with Crippen molar-refractivity contribution in [3.05, 3.63) is 34.9 Å². The van der Waals surface area contributed by atoms with Crippen LogP contribution in [0.1, 0.15) is 38.8 Å². The third kappa shape index (κ3) is 4.98. The van der Waals surface area contributed by atoms with Gasteiger partial charge in [0.2, 0.25) is 34.8 Å². The second-order valence-electron chi connectivity index (χ2n) is 15.8. The van der Waals surface area contributed by atoms with Gasteiger partial charge in [-0.3, -0.25) is 40.4 Å². The van der Waals surface area contributed by atoms with Gasteiger partial charge in [0.1, 0.15) is 0 Å². The second kappa shape index (κ2) is 12.6. The first-order chi connectivity index (χ1) is 28.5. The maximum atomic E-state index is 16.6. The zero-order chi connectivity index (χ0) is 42.3. The highest BCUT2D eigenvalue weighted by Crippen LogP contribution is 2.52. The number of nitrogens with zero attached hydrogens (tertiary/aromatic N) is 4. The van der Waals surface area contributed by atoms with E-state index in [4.69, 9.17) is 28.0 Å². The van der Waals surface area contributed by atoms with E-state index in [1.807, 2.05) is 0 Å². The maximum Gasteiger partial charge on any atom is 0.522 e. The molecule has 10 rings (SSSR count). The number of aromatic nitrogens is 2. The van der Waals surface area contributed by atoms with Crippen LogP contribution < -0.4 is 40.5 Å². The normalized spacial score (nSPS) is 27.8. The van der Waals surface area contributed by atoms with Crippen LogP contribution in [-0.2, 0) is 41.5 Å². The molecule has 0 radical (unpaired) electrons. The Balaban J connectivity index is 0.994. The minimum absolute atomic E-state index is 0.00814. The summed E-state index contributed by atoms with van der Waals surface area (Å²) >= 11 is 0. The highest BCUT2D eigenvalue weighted by molar-refractivity contribution is 6.21. The Bertz CT molecular complexity index is 2460. The molecule has 2 aromatic heterocycles. The van der Waals surface area contributed by atoms with E-state index in [2.05, 4.69) is 31.6 Å². The topological polar surface area (TPSA) is 263 Å². The fourth-order valence-corrected chi connectivity index (χ4v) is 10.2. The fraction of sp³-hybridized carbons (Fsp3) is 0.432. The average molecular weight is 835 g/mol. The van der Waals surface area contributed by atoms with Gasteiger partial charge in [-0.25, -0.2) is 23.2 Å². The number of imide groups is 4. The molecule has 0 saturated carbocycles. The van der Waals surface area contributed by atoms with Gasteiger partial charge in [-0.2, -0.15) is 0 Å². The summed E-state index contributed by atoms with van der Waals surface area (Å²) in [5.41, 5.74) is -4.55. The number of carbonyl (C=O) groups excluding carboxylic acids is 7. The van der Waals surface area contributed by atoms with Crippen molar-refractivity contribution in [2.24, 2.45) is 10.8 Å². The van der Waals surface area contributed by atoms with Crippen LogP contribution >= 0.6 is 0 Å². The third-order valence-corrected chi connectivity index (χ3v) is 12.2. The lowest BCUT2D eigenvalue weighted by atomic mass is 9.66. The number of ether oxygens (including phenoxy) is 4. The molecule has 6 atom stereocenters. The van der Waals surface area contributed by atoms with Gasteiger partial charge in [0.15, 0.2) is 22.5 Å². The maximum absolute atomic E-state index is 16.6. The van der Waals surface area contributed by atoms with Crippen molar-refractivity contribution in [3.63, 3.8) is 0 Å². The zero-order valence-corrected chi connectivity index (χ0v) is 31.8. The van der Waals surface area contributed by atoms with Gasteiger partial charge in [-0.1, -0.05) is 0 Å². The number of hydrogen-bond acceptors (Lipinski definition) is 17. The lowest BCUT2D eigenvalue weighted by Crippen LogP contribution is -2.75. The molecule has 4 aromatic rings. The van der Waals surface area contributed by atoms with Crippen molar-refractivity contribution in [1.82, 2.24) is 31.6 Å². The number of carbonyl (C=O) groups is 7. The molecular formula is C37H32F2N8O13. The Hall–Kier alpha value is -6.75. The standard InChI is InChI=1S/C37H32F2N8O13/c1-11-9-46-21-15(7-36(25(46)13(3)55-11)29(48)40-33(52)41-30(36)49)5-17-23(19(21)38)59-44-27(17)57-35(54)58-28-18-6-16-8-37(31(50)42-34(53)43-32(37)51)26-14(4)56-12(2)10-47(26)22(16)20(39)24(18)60-45-28/h5-6,11-14,25-26H,7-10H2,1-4H3,(H2,40,41,48,49,52)(H2,42,43,50,51,53)/t11-,12-,13+,14+,25-,26-/m0/s1. The Kier molecular flexibility index (Phi) is 7.90. The van der Waals surface area contributed by atoms with Crippen LogP contribution in [0.5, 0.6) is 11.8 Å². The first-order valence-corrected chi connectivity index (χ1v) is 18.8. The highest BCUT2D eigenvalue weighted by atomic mass is 19.1. The van der Waals surface area contributed by atoms with E-state index < -0.39 is 137 Å². The van der Waals surface area contributed by atoms with E-state index in [0.717, 1.165) is 0 Å². The molecule has 2 spiro atoms. The Labute approximate surface area is 334 Å². The smallest absolute Gasteiger partial charge is 0.372 e. The van der Waals surface area contributed by atoms with Crippen LogP contribution in [0.2, 0.25) is 0 Å². The summed E-state index contributed by atoms with van der Waals surface area (Å²) < 4.78 is 66.3. The van der Waals surface area contributed by atoms with E-state index in [-0.39, 0.29) is 46.4 Å². The molecule has 6 aliphatic rings. The first kappa shape index (κ1) is 37.5. The van der Waals surface area contributed by atoms with E-state index in [9.17, 15) is 33.6 Å². The monoisotopic (exact) mass is 834 g/mol. The van der Waals surface area contributed by atoms with Crippen molar-refractivity contribution in [2.75, 3.05) is 22.9 Å². The van der Waals surface area contributed by atoms with Gasteiger partial charge in [0.25, 0.3) is 11.8 Å². The molecule has 0 aliphatic carbocycles. The number of morpholine rings is 2. The minimum atomic E-state index is -1.94. The summed E-state index contributed by atoms with van der Waals surface area (Å²) in [5, 5.41) is 15.6. The molecule has 60 heavy (non-hydrogen) atoms. The van der Waals surface area contributed by atoms with E-state index in [1.165, 1.54) is 21.9 Å². The molecule has 8 amide bonds. The first-order valence-electron chi connectivity index (χ1n) is 18.8. The summed E-state index contributed by atoms with van der Waals surface area (Å²) in [6.45, 7) is 6.83. The molecule has 2 aromatic carbocycles. The molecule has 4 N–H and O–H groups in total. The molecule has 0 unspecified atom stereocenters. The van der Waals surface area contributed by atoms with Gasteiger partial charge in [-0.15, -0.1) is 0 Å². The van der Waals surface area contributed by atoms with Crippen LogP contribution in [0.25, 0.3) is 21.9 Å². The molecule has 23 heteroatoms. The Morgan fingerprint density at radius 1 is 0.667 bits per heavy atom. The quantitative estimate of drug-likeness (QED) is 0.165. The molecule has 21 nitrogen and oxygen atoms in total. The van der Waals surface area contributed by atoms with Crippen LogP contribution in [0.15, 0.2) is 21.2 Å². The number of benzene rings is 2. The number of amides is 8. The summed E-state index contributed by atoms with van der Waals surface area (Å²) in [6, 6.07) is -1.44. The highest BCUT2D eigenvalue weighted by Gasteiger charge is 2.65. The average Bonchev–Trinajstić information content (AvgIpc) is 3.75. The molecule has 4 saturated heterocycles. The third-order valence-electron chi connectivity index (χ3n) is 12.2. The van der Waals surface area contributed by atoms with Crippen molar-refractivity contribution in [2.45, 2.75) is 77.0 Å². The van der Waals surface area contributed by atoms with Gasteiger partial charge >= 0.3 is 18.2 Å². The Morgan fingerprint density at radius 3 is 1.40 bits per heavy atom. The van der Waals surface area contributed by atoms with Crippen molar-refractivity contribution in [1.29, 1.82) is 0 Å².